The monoisotopic (exact) mass is 294 g/mol. The molecule has 3 rings (SSSR count). The molecule has 0 radical (unpaired) electrons. The van der Waals surface area contributed by atoms with Crippen LogP contribution in [0.25, 0.3) is 0 Å². The second-order valence-corrected chi connectivity index (χ2v) is 7.93. The summed E-state index contributed by atoms with van der Waals surface area (Å²) in [5, 5.41) is 43.0. The van der Waals surface area contributed by atoms with Crippen LogP contribution in [0.4, 0.5) is 0 Å². The van der Waals surface area contributed by atoms with Gasteiger partial charge >= 0.3 is 0 Å². The first-order valence-electron chi connectivity index (χ1n) is 7.63. The van der Waals surface area contributed by atoms with Crippen molar-refractivity contribution in [3.63, 3.8) is 0 Å². The number of aliphatic hydroxyl groups is 4. The van der Waals surface area contributed by atoms with Crippen molar-refractivity contribution >= 4 is 0 Å². The normalized spacial score (nSPS) is 51.2. The fourth-order valence-electron chi connectivity index (χ4n) is 4.55. The zero-order valence-corrected chi connectivity index (χ0v) is 13.5. The second-order valence-electron chi connectivity index (χ2n) is 7.93. The molecule has 3 aliphatic carbocycles. The summed E-state index contributed by atoms with van der Waals surface area (Å²) in [6, 6.07) is 0. The smallest absolute Gasteiger partial charge is 0.116 e. The Hall–Kier alpha value is -0.680. The molecule has 4 N–H and O–H groups in total. The largest absolute Gasteiger partial charge is 0.395 e. The quantitative estimate of drug-likeness (QED) is 0.587. The molecule has 1 fully saturated rings. The Kier molecular flexibility index (Phi) is 2.62. The lowest BCUT2D eigenvalue weighted by Gasteiger charge is -2.52. The van der Waals surface area contributed by atoms with E-state index >= 15 is 0 Å². The van der Waals surface area contributed by atoms with Gasteiger partial charge in [-0.1, -0.05) is 18.6 Å². The Morgan fingerprint density at radius 2 is 1.52 bits per heavy atom. The zero-order chi connectivity index (χ0) is 16.1. The van der Waals surface area contributed by atoms with Gasteiger partial charge in [-0.25, -0.2) is 0 Å². The van der Waals surface area contributed by atoms with Crippen molar-refractivity contribution in [2.75, 3.05) is 6.61 Å². The van der Waals surface area contributed by atoms with E-state index in [4.69, 9.17) is 0 Å². The Bertz CT molecular complexity index is 576. The van der Waals surface area contributed by atoms with Crippen molar-refractivity contribution in [1.82, 2.24) is 0 Å². The molecular weight excluding hydrogens is 268 g/mol. The average Bonchev–Trinajstić information content (AvgIpc) is 3.13. The molecule has 0 unspecified atom stereocenters. The van der Waals surface area contributed by atoms with Crippen LogP contribution in [-0.2, 0) is 0 Å². The number of rotatable bonds is 1. The van der Waals surface area contributed by atoms with Crippen LogP contribution in [0.5, 0.6) is 0 Å². The summed E-state index contributed by atoms with van der Waals surface area (Å²) in [4.78, 5) is 0. The summed E-state index contributed by atoms with van der Waals surface area (Å²) in [6.45, 7) is 8.50. The van der Waals surface area contributed by atoms with Crippen LogP contribution in [0.15, 0.2) is 22.8 Å². The molecule has 0 aromatic rings. The fourth-order valence-corrected chi connectivity index (χ4v) is 4.55. The lowest BCUT2D eigenvalue weighted by Crippen LogP contribution is -2.61. The van der Waals surface area contributed by atoms with Gasteiger partial charge in [0.05, 0.1) is 12.2 Å². The van der Waals surface area contributed by atoms with Crippen molar-refractivity contribution in [1.29, 1.82) is 0 Å². The Morgan fingerprint density at radius 3 is 1.95 bits per heavy atom. The topological polar surface area (TPSA) is 80.9 Å². The maximum Gasteiger partial charge on any atom is 0.116 e. The first-order chi connectivity index (χ1) is 9.39. The summed E-state index contributed by atoms with van der Waals surface area (Å²) in [5.74, 6) is 0. The first-order valence-corrected chi connectivity index (χ1v) is 7.63. The molecular formula is C17H26O4. The molecule has 0 aromatic heterocycles. The Labute approximate surface area is 125 Å². The SMILES string of the molecule is CC1=C2C(=C[C@@](C)(CO)[C@]2(C)O)[C@](C)(O)[C@@](C)(O)C12CC2. The van der Waals surface area contributed by atoms with E-state index in [2.05, 4.69) is 0 Å². The molecule has 0 heterocycles. The van der Waals surface area contributed by atoms with Crippen LogP contribution >= 0.6 is 0 Å². The van der Waals surface area contributed by atoms with Gasteiger partial charge in [0.25, 0.3) is 0 Å². The third-order valence-electron chi connectivity index (χ3n) is 6.91. The van der Waals surface area contributed by atoms with Crippen LogP contribution in [0.3, 0.4) is 0 Å². The predicted octanol–water partition coefficient (Wildman–Crippen LogP) is 1.29. The minimum Gasteiger partial charge on any atom is -0.395 e. The van der Waals surface area contributed by atoms with E-state index in [0.29, 0.717) is 11.1 Å². The molecule has 21 heavy (non-hydrogen) atoms. The average molecular weight is 294 g/mol. The van der Waals surface area contributed by atoms with E-state index in [1.165, 1.54) is 0 Å². The second kappa shape index (κ2) is 3.62. The predicted molar refractivity (Wildman–Crippen MR) is 79.5 cm³/mol. The summed E-state index contributed by atoms with van der Waals surface area (Å²) in [5.41, 5.74) is -3.10. The van der Waals surface area contributed by atoms with Crippen LogP contribution in [0.2, 0.25) is 0 Å². The van der Waals surface area contributed by atoms with Crippen LogP contribution in [0, 0.1) is 10.8 Å². The maximum atomic E-state index is 11.1. The molecule has 1 spiro atoms. The number of hydrogen-bond acceptors (Lipinski definition) is 4. The first kappa shape index (κ1) is 15.2. The Balaban J connectivity index is 2.35. The number of fused-ring (bicyclic) bond motifs is 1. The van der Waals surface area contributed by atoms with Gasteiger partial charge in [0.15, 0.2) is 0 Å². The molecule has 4 nitrogen and oxygen atoms in total. The molecule has 1 saturated carbocycles. The van der Waals surface area contributed by atoms with Gasteiger partial charge in [-0.2, -0.15) is 0 Å². The number of aliphatic hydroxyl groups excluding tert-OH is 1. The van der Waals surface area contributed by atoms with Gasteiger partial charge in [0.2, 0.25) is 0 Å². The molecule has 0 amide bonds. The van der Waals surface area contributed by atoms with E-state index in [0.717, 1.165) is 18.4 Å². The van der Waals surface area contributed by atoms with Crippen LogP contribution < -0.4 is 0 Å². The van der Waals surface area contributed by atoms with Crippen molar-refractivity contribution in [3.8, 4) is 0 Å². The molecule has 118 valence electrons. The molecule has 4 atom stereocenters. The fraction of sp³-hybridized carbons (Fsp3) is 0.765. The third kappa shape index (κ3) is 1.36. The lowest BCUT2D eigenvalue weighted by atomic mass is 9.59. The third-order valence-corrected chi connectivity index (χ3v) is 6.91. The van der Waals surface area contributed by atoms with Gasteiger partial charge in [0.1, 0.15) is 11.2 Å². The van der Waals surface area contributed by atoms with E-state index < -0.39 is 27.6 Å². The molecule has 0 aromatic carbocycles. The lowest BCUT2D eigenvalue weighted by molar-refractivity contribution is -0.148. The van der Waals surface area contributed by atoms with Crippen molar-refractivity contribution < 1.29 is 20.4 Å². The molecule has 0 aliphatic heterocycles. The molecule has 0 bridgehead atoms. The van der Waals surface area contributed by atoms with Crippen molar-refractivity contribution in [2.45, 2.75) is 64.3 Å². The van der Waals surface area contributed by atoms with Gasteiger partial charge < -0.3 is 20.4 Å². The number of hydrogen-bond donors (Lipinski definition) is 4. The van der Waals surface area contributed by atoms with Crippen molar-refractivity contribution in [2.24, 2.45) is 10.8 Å². The summed E-state index contributed by atoms with van der Waals surface area (Å²) in [7, 11) is 0. The highest BCUT2D eigenvalue weighted by molar-refractivity contribution is 5.62. The molecule has 0 saturated heterocycles. The Morgan fingerprint density at radius 1 is 1.00 bits per heavy atom. The van der Waals surface area contributed by atoms with E-state index in [9.17, 15) is 20.4 Å². The minimum absolute atomic E-state index is 0.217. The molecule has 3 aliphatic rings. The van der Waals surface area contributed by atoms with Gasteiger partial charge in [-0.15, -0.1) is 0 Å². The summed E-state index contributed by atoms with van der Waals surface area (Å²) < 4.78 is 0. The van der Waals surface area contributed by atoms with Crippen LogP contribution in [0.1, 0.15) is 47.5 Å². The van der Waals surface area contributed by atoms with Gasteiger partial charge in [-0.05, 0) is 51.7 Å². The van der Waals surface area contributed by atoms with E-state index in [1.807, 2.05) is 6.92 Å². The highest BCUT2D eigenvalue weighted by atomic mass is 16.4. The van der Waals surface area contributed by atoms with Crippen molar-refractivity contribution in [3.05, 3.63) is 22.8 Å². The standard InChI is InChI=1S/C17H26O4/c1-10-12-11(8-13(2,9-18)15(12,4)20)14(3,19)16(5,21)17(10)6-7-17/h8,18-21H,6-7,9H2,1-5H3/t13-,14-,15+,16+/m0/s1. The summed E-state index contributed by atoms with van der Waals surface area (Å²) >= 11 is 0. The highest BCUT2D eigenvalue weighted by Crippen LogP contribution is 2.70. The van der Waals surface area contributed by atoms with E-state index in [-0.39, 0.29) is 6.61 Å². The maximum absolute atomic E-state index is 11.1. The summed E-state index contributed by atoms with van der Waals surface area (Å²) in [6.07, 6.45) is 3.37. The van der Waals surface area contributed by atoms with Gasteiger partial charge in [-0.3, -0.25) is 0 Å². The van der Waals surface area contributed by atoms with Crippen LogP contribution in [-0.4, -0.2) is 43.8 Å². The minimum atomic E-state index is -1.45. The molecule has 4 heteroatoms. The highest BCUT2D eigenvalue weighted by Gasteiger charge is 2.71. The zero-order valence-electron chi connectivity index (χ0n) is 13.5. The van der Waals surface area contributed by atoms with Gasteiger partial charge in [0, 0.05) is 10.8 Å². The van der Waals surface area contributed by atoms with E-state index in [1.54, 1.807) is 33.8 Å².